The summed E-state index contributed by atoms with van der Waals surface area (Å²) in [7, 11) is 1.81. The maximum absolute atomic E-state index is 11.6. The van der Waals surface area contributed by atoms with Gasteiger partial charge in [0, 0.05) is 7.05 Å². The number of benzene rings is 1. The van der Waals surface area contributed by atoms with Crippen LogP contribution >= 0.6 is 22.6 Å². The largest absolute Gasteiger partial charge is 0.444 e. The second kappa shape index (κ2) is 5.85. The van der Waals surface area contributed by atoms with Crippen LogP contribution in [0.2, 0.25) is 0 Å². The lowest BCUT2D eigenvalue weighted by atomic mass is 10.2. The van der Waals surface area contributed by atoms with E-state index in [1.165, 1.54) is 0 Å². The van der Waals surface area contributed by atoms with Gasteiger partial charge in [-0.1, -0.05) is 30.3 Å². The predicted octanol–water partition coefficient (Wildman–Crippen LogP) is 2.77. The molecule has 0 aliphatic heterocycles. The molecular weight excluding hydrogens is 345 g/mol. The molecule has 1 N–H and O–H groups in total. The first-order valence-corrected chi connectivity index (χ1v) is 6.40. The van der Waals surface area contributed by atoms with Crippen LogP contribution in [0.3, 0.4) is 0 Å². The number of hydrogen-bond acceptors (Lipinski definition) is 3. The van der Waals surface area contributed by atoms with Gasteiger partial charge in [0.1, 0.15) is 10.3 Å². The molecule has 1 amide bonds. The topological polar surface area (TPSA) is 56.2 Å². The second-order valence-electron chi connectivity index (χ2n) is 3.66. The van der Waals surface area contributed by atoms with Crippen molar-refractivity contribution in [3.8, 4) is 0 Å². The summed E-state index contributed by atoms with van der Waals surface area (Å²) in [6, 6.07) is 9.53. The highest BCUT2D eigenvalue weighted by atomic mass is 127. The Labute approximate surface area is 118 Å². The molecule has 0 aliphatic carbocycles. The van der Waals surface area contributed by atoms with Crippen LogP contribution in [0.4, 0.5) is 10.5 Å². The fraction of sp³-hybridized carbons (Fsp3) is 0.167. The minimum atomic E-state index is -0.482. The van der Waals surface area contributed by atoms with Gasteiger partial charge < -0.3 is 4.74 Å². The normalized spacial score (nSPS) is 10.1. The van der Waals surface area contributed by atoms with Gasteiger partial charge in [0.15, 0.2) is 0 Å². The monoisotopic (exact) mass is 357 g/mol. The molecule has 0 fully saturated rings. The zero-order chi connectivity index (χ0) is 13.0. The summed E-state index contributed by atoms with van der Waals surface area (Å²) in [6.07, 6.45) is 1.11. The molecule has 1 aromatic heterocycles. The number of halogens is 1. The quantitative estimate of drug-likeness (QED) is 0.860. The molecule has 0 atom stereocenters. The SMILES string of the molecule is Cn1ncc(NC(=O)OCc2ccccc2)c1I. The Morgan fingerprint density at radius 1 is 1.44 bits per heavy atom. The number of rotatable bonds is 3. The summed E-state index contributed by atoms with van der Waals surface area (Å²) in [4.78, 5) is 11.6. The molecule has 2 aromatic rings. The van der Waals surface area contributed by atoms with Crippen LogP contribution in [0.1, 0.15) is 5.56 Å². The fourth-order valence-corrected chi connectivity index (χ4v) is 1.77. The molecule has 0 bridgehead atoms. The van der Waals surface area contributed by atoms with E-state index in [9.17, 15) is 4.79 Å². The highest BCUT2D eigenvalue weighted by Gasteiger charge is 2.09. The lowest BCUT2D eigenvalue weighted by molar-refractivity contribution is 0.155. The molecule has 5 nitrogen and oxygen atoms in total. The van der Waals surface area contributed by atoms with E-state index < -0.39 is 6.09 Å². The number of aromatic nitrogens is 2. The minimum Gasteiger partial charge on any atom is -0.444 e. The molecule has 0 saturated heterocycles. The van der Waals surface area contributed by atoms with Gasteiger partial charge in [-0.05, 0) is 28.2 Å². The van der Waals surface area contributed by atoms with Crippen molar-refractivity contribution in [1.29, 1.82) is 0 Å². The molecule has 1 aromatic carbocycles. The third-order valence-corrected chi connectivity index (χ3v) is 3.60. The van der Waals surface area contributed by atoms with Crippen molar-refractivity contribution in [1.82, 2.24) is 9.78 Å². The summed E-state index contributed by atoms with van der Waals surface area (Å²) in [5.41, 5.74) is 1.60. The Morgan fingerprint density at radius 2 is 2.17 bits per heavy atom. The van der Waals surface area contributed by atoms with Crippen LogP contribution in [0.25, 0.3) is 0 Å². The number of carbonyl (C=O) groups excluding carboxylic acids is 1. The molecule has 1 heterocycles. The van der Waals surface area contributed by atoms with Crippen molar-refractivity contribution in [3.63, 3.8) is 0 Å². The van der Waals surface area contributed by atoms with E-state index in [2.05, 4.69) is 33.0 Å². The zero-order valence-corrected chi connectivity index (χ0v) is 11.9. The molecule has 0 saturated carbocycles. The van der Waals surface area contributed by atoms with E-state index in [0.717, 1.165) is 9.26 Å². The summed E-state index contributed by atoms with van der Waals surface area (Å²) in [5.74, 6) is 0. The van der Waals surface area contributed by atoms with Gasteiger partial charge in [-0.3, -0.25) is 10.00 Å². The Morgan fingerprint density at radius 3 is 2.78 bits per heavy atom. The third-order valence-electron chi connectivity index (χ3n) is 2.32. The Kier molecular flexibility index (Phi) is 4.19. The lowest BCUT2D eigenvalue weighted by Crippen LogP contribution is -2.14. The van der Waals surface area contributed by atoms with Crippen LogP contribution in [0.15, 0.2) is 36.5 Å². The van der Waals surface area contributed by atoms with Gasteiger partial charge in [0.05, 0.1) is 11.9 Å². The molecule has 0 unspecified atom stereocenters. The first-order chi connectivity index (χ1) is 8.66. The molecule has 0 spiro atoms. The van der Waals surface area contributed by atoms with Crippen LogP contribution in [0.5, 0.6) is 0 Å². The molecule has 0 aliphatic rings. The standard InChI is InChI=1S/C12H12IN3O2/c1-16-11(13)10(7-14-16)15-12(17)18-8-9-5-3-2-4-6-9/h2-7H,8H2,1H3,(H,15,17). The van der Waals surface area contributed by atoms with Crippen LogP contribution in [-0.2, 0) is 18.4 Å². The number of hydrogen-bond donors (Lipinski definition) is 1. The lowest BCUT2D eigenvalue weighted by Gasteiger charge is -2.06. The van der Waals surface area contributed by atoms with E-state index in [1.807, 2.05) is 37.4 Å². The van der Waals surface area contributed by atoms with Crippen molar-refractivity contribution in [2.75, 3.05) is 5.32 Å². The van der Waals surface area contributed by atoms with Crippen molar-refractivity contribution in [3.05, 3.63) is 45.8 Å². The van der Waals surface area contributed by atoms with Gasteiger partial charge in [-0.15, -0.1) is 0 Å². The highest BCUT2D eigenvalue weighted by molar-refractivity contribution is 14.1. The van der Waals surface area contributed by atoms with Crippen molar-refractivity contribution < 1.29 is 9.53 Å². The summed E-state index contributed by atoms with van der Waals surface area (Å²) >= 11 is 2.10. The summed E-state index contributed by atoms with van der Waals surface area (Å²) in [6.45, 7) is 0.253. The number of amides is 1. The molecule has 18 heavy (non-hydrogen) atoms. The number of nitrogens with one attached hydrogen (secondary N) is 1. The molecule has 94 valence electrons. The third kappa shape index (κ3) is 3.22. The Balaban J connectivity index is 1.88. The number of aryl methyl sites for hydroxylation is 1. The number of carbonyl (C=O) groups is 1. The zero-order valence-electron chi connectivity index (χ0n) is 9.76. The van der Waals surface area contributed by atoms with Crippen LogP contribution in [0, 0.1) is 3.70 Å². The molecule has 0 radical (unpaired) electrons. The van der Waals surface area contributed by atoms with Crippen molar-refractivity contribution >= 4 is 34.4 Å². The highest BCUT2D eigenvalue weighted by Crippen LogP contribution is 2.16. The fourth-order valence-electron chi connectivity index (χ4n) is 1.38. The average Bonchev–Trinajstić information content (AvgIpc) is 2.70. The number of nitrogens with zero attached hydrogens (tertiary/aromatic N) is 2. The van der Waals surface area contributed by atoms with Crippen LogP contribution < -0.4 is 5.32 Å². The van der Waals surface area contributed by atoms with E-state index in [-0.39, 0.29) is 6.61 Å². The van der Waals surface area contributed by atoms with E-state index >= 15 is 0 Å². The average molecular weight is 357 g/mol. The van der Waals surface area contributed by atoms with E-state index in [0.29, 0.717) is 5.69 Å². The van der Waals surface area contributed by atoms with Gasteiger partial charge >= 0.3 is 6.09 Å². The summed E-state index contributed by atoms with van der Waals surface area (Å²) < 4.78 is 7.63. The Bertz CT molecular complexity index is 540. The van der Waals surface area contributed by atoms with Crippen molar-refractivity contribution in [2.45, 2.75) is 6.61 Å². The second-order valence-corrected chi connectivity index (χ2v) is 4.68. The summed E-state index contributed by atoms with van der Waals surface area (Å²) in [5, 5.41) is 6.68. The Hall–Kier alpha value is -1.57. The predicted molar refractivity (Wildman–Crippen MR) is 76.2 cm³/mol. The first-order valence-electron chi connectivity index (χ1n) is 5.32. The van der Waals surface area contributed by atoms with Crippen molar-refractivity contribution in [2.24, 2.45) is 7.05 Å². The molecule has 6 heteroatoms. The molecule has 2 rings (SSSR count). The van der Waals surface area contributed by atoms with Crippen LogP contribution in [-0.4, -0.2) is 15.9 Å². The van der Waals surface area contributed by atoms with Gasteiger partial charge in [0.25, 0.3) is 0 Å². The van der Waals surface area contributed by atoms with Gasteiger partial charge in [-0.2, -0.15) is 5.10 Å². The van der Waals surface area contributed by atoms with E-state index in [1.54, 1.807) is 10.9 Å². The van der Waals surface area contributed by atoms with Gasteiger partial charge in [-0.25, -0.2) is 4.79 Å². The van der Waals surface area contributed by atoms with E-state index in [4.69, 9.17) is 4.74 Å². The maximum atomic E-state index is 11.6. The number of ether oxygens (including phenoxy) is 1. The molecular formula is C12H12IN3O2. The first kappa shape index (κ1) is 12.9. The number of anilines is 1. The van der Waals surface area contributed by atoms with Gasteiger partial charge in [0.2, 0.25) is 0 Å². The maximum Gasteiger partial charge on any atom is 0.412 e. The minimum absolute atomic E-state index is 0.253. The smallest absolute Gasteiger partial charge is 0.412 e.